The van der Waals surface area contributed by atoms with Crippen molar-refractivity contribution < 1.29 is 14.5 Å². The van der Waals surface area contributed by atoms with Crippen LogP contribution in [0.3, 0.4) is 0 Å². The van der Waals surface area contributed by atoms with Crippen LogP contribution in [0.15, 0.2) is 23.8 Å². The molecule has 0 amide bonds. The number of ether oxygens (including phenoxy) is 1. The molecule has 90 valence electrons. The number of hydrogen-bond donors (Lipinski definition) is 1. The first-order valence-corrected chi connectivity index (χ1v) is 4.76. The van der Waals surface area contributed by atoms with Crippen molar-refractivity contribution in [1.82, 2.24) is 0 Å². The van der Waals surface area contributed by atoms with Crippen LogP contribution >= 0.6 is 0 Å². The van der Waals surface area contributed by atoms with Crippen molar-refractivity contribution in [2.75, 3.05) is 12.8 Å². The van der Waals surface area contributed by atoms with E-state index < -0.39 is 10.9 Å². The van der Waals surface area contributed by atoms with Gasteiger partial charge in [-0.2, -0.15) is 0 Å². The Morgan fingerprint density at radius 3 is 2.71 bits per heavy atom. The summed E-state index contributed by atoms with van der Waals surface area (Å²) in [7, 11) is 1.27. The summed E-state index contributed by atoms with van der Waals surface area (Å²) in [6.07, 6.45) is 1.50. The minimum absolute atomic E-state index is 0.0860. The van der Waals surface area contributed by atoms with Gasteiger partial charge in [0.25, 0.3) is 5.69 Å². The quantitative estimate of drug-likeness (QED) is 0.283. The lowest BCUT2D eigenvalue weighted by molar-refractivity contribution is -0.383. The first-order chi connectivity index (χ1) is 7.95. The SMILES string of the molecule is COC(=O)/C(C)=C/c1ccc(N)c([N+](=O)[O-])c1. The summed E-state index contributed by atoms with van der Waals surface area (Å²) in [5, 5.41) is 10.7. The largest absolute Gasteiger partial charge is 0.466 e. The molecule has 0 saturated heterocycles. The number of nitro groups is 1. The standard InChI is InChI=1S/C11H12N2O4/c1-7(11(14)17-2)5-8-3-4-9(12)10(6-8)13(15)16/h3-6H,12H2,1-2H3/b7-5+. The molecule has 0 aliphatic rings. The average Bonchev–Trinajstić information content (AvgIpc) is 2.30. The second kappa shape index (κ2) is 5.11. The van der Waals surface area contributed by atoms with Crippen LogP contribution in [0, 0.1) is 10.1 Å². The third kappa shape index (κ3) is 3.04. The maximum absolute atomic E-state index is 11.2. The molecule has 6 nitrogen and oxygen atoms in total. The van der Waals surface area contributed by atoms with Gasteiger partial charge in [-0.15, -0.1) is 0 Å². The summed E-state index contributed by atoms with van der Waals surface area (Å²) < 4.78 is 4.52. The maximum atomic E-state index is 11.2. The molecule has 1 aromatic rings. The average molecular weight is 236 g/mol. The molecule has 0 radical (unpaired) electrons. The molecular formula is C11H12N2O4. The topological polar surface area (TPSA) is 95.5 Å². The zero-order valence-corrected chi connectivity index (χ0v) is 9.47. The van der Waals surface area contributed by atoms with Gasteiger partial charge in [-0.25, -0.2) is 4.79 Å². The molecule has 6 heteroatoms. The summed E-state index contributed by atoms with van der Waals surface area (Å²) in [6.45, 7) is 1.56. The number of hydrogen-bond acceptors (Lipinski definition) is 5. The Kier molecular flexibility index (Phi) is 3.82. The van der Waals surface area contributed by atoms with Crippen LogP contribution in [0.4, 0.5) is 11.4 Å². The Bertz CT molecular complexity index is 494. The smallest absolute Gasteiger partial charge is 0.333 e. The molecular weight excluding hydrogens is 224 g/mol. The van der Waals surface area contributed by atoms with Crippen molar-refractivity contribution in [3.8, 4) is 0 Å². The Labute approximate surface area is 97.8 Å². The van der Waals surface area contributed by atoms with Crippen molar-refractivity contribution in [3.05, 3.63) is 39.4 Å². The van der Waals surface area contributed by atoms with Gasteiger partial charge in [-0.05, 0) is 24.6 Å². The fraction of sp³-hybridized carbons (Fsp3) is 0.182. The monoisotopic (exact) mass is 236 g/mol. The molecule has 0 aromatic heterocycles. The van der Waals surface area contributed by atoms with Gasteiger partial charge in [0.15, 0.2) is 0 Å². The van der Waals surface area contributed by atoms with Crippen molar-refractivity contribution in [1.29, 1.82) is 0 Å². The molecule has 0 fully saturated rings. The fourth-order valence-corrected chi connectivity index (χ4v) is 1.28. The lowest BCUT2D eigenvalue weighted by atomic mass is 10.1. The van der Waals surface area contributed by atoms with Crippen LogP contribution in [-0.4, -0.2) is 18.0 Å². The third-order valence-corrected chi connectivity index (χ3v) is 2.14. The van der Waals surface area contributed by atoms with E-state index in [1.165, 1.54) is 25.3 Å². The van der Waals surface area contributed by atoms with Crippen LogP contribution in [0.5, 0.6) is 0 Å². The second-order valence-electron chi connectivity index (χ2n) is 3.39. The highest BCUT2D eigenvalue weighted by molar-refractivity contribution is 5.93. The highest BCUT2D eigenvalue weighted by Gasteiger charge is 2.11. The number of anilines is 1. The zero-order chi connectivity index (χ0) is 13.0. The molecule has 1 aromatic carbocycles. The molecule has 0 heterocycles. The van der Waals surface area contributed by atoms with E-state index in [0.29, 0.717) is 11.1 Å². The Hall–Kier alpha value is -2.37. The van der Waals surface area contributed by atoms with Gasteiger partial charge >= 0.3 is 5.97 Å². The second-order valence-corrected chi connectivity index (χ2v) is 3.39. The fourth-order valence-electron chi connectivity index (χ4n) is 1.28. The summed E-state index contributed by atoms with van der Waals surface area (Å²) in [4.78, 5) is 21.2. The van der Waals surface area contributed by atoms with Crippen molar-refractivity contribution in [3.63, 3.8) is 0 Å². The number of methoxy groups -OCH3 is 1. The van der Waals surface area contributed by atoms with E-state index >= 15 is 0 Å². The minimum Gasteiger partial charge on any atom is -0.466 e. The first kappa shape index (κ1) is 12.7. The molecule has 2 N–H and O–H groups in total. The first-order valence-electron chi connectivity index (χ1n) is 4.76. The molecule has 0 aliphatic heterocycles. The van der Waals surface area contributed by atoms with E-state index in [1.54, 1.807) is 13.0 Å². The number of rotatable bonds is 3. The van der Waals surface area contributed by atoms with Gasteiger partial charge in [0.05, 0.1) is 12.0 Å². The number of nitrogens with zero attached hydrogens (tertiary/aromatic N) is 1. The lowest BCUT2D eigenvalue weighted by Crippen LogP contribution is -2.01. The molecule has 0 bridgehead atoms. The molecule has 17 heavy (non-hydrogen) atoms. The number of nitro benzene ring substituents is 1. The van der Waals surface area contributed by atoms with Crippen LogP contribution in [0.2, 0.25) is 0 Å². The highest BCUT2D eigenvalue weighted by atomic mass is 16.6. The van der Waals surface area contributed by atoms with E-state index in [9.17, 15) is 14.9 Å². The summed E-state index contributed by atoms with van der Waals surface area (Å²) in [5.74, 6) is -0.482. The molecule has 0 atom stereocenters. The Morgan fingerprint density at radius 1 is 1.53 bits per heavy atom. The van der Waals surface area contributed by atoms with Gasteiger partial charge in [-0.3, -0.25) is 10.1 Å². The van der Waals surface area contributed by atoms with Gasteiger partial charge < -0.3 is 10.5 Å². The minimum atomic E-state index is -0.569. The zero-order valence-electron chi connectivity index (χ0n) is 9.47. The number of benzene rings is 1. The molecule has 1 rings (SSSR count). The van der Waals surface area contributed by atoms with E-state index in [1.807, 2.05) is 0 Å². The third-order valence-electron chi connectivity index (χ3n) is 2.14. The van der Waals surface area contributed by atoms with Gasteiger partial charge in [0.2, 0.25) is 0 Å². The summed E-state index contributed by atoms with van der Waals surface area (Å²) in [6, 6.07) is 4.32. The highest BCUT2D eigenvalue weighted by Crippen LogP contribution is 2.23. The van der Waals surface area contributed by atoms with E-state index in [-0.39, 0.29) is 11.4 Å². The number of nitrogens with two attached hydrogens (primary N) is 1. The van der Waals surface area contributed by atoms with Gasteiger partial charge in [-0.1, -0.05) is 6.07 Å². The molecule has 0 spiro atoms. The number of esters is 1. The van der Waals surface area contributed by atoms with E-state index in [4.69, 9.17) is 5.73 Å². The lowest BCUT2D eigenvalue weighted by Gasteiger charge is -2.01. The number of carbonyl (C=O) groups is 1. The Morgan fingerprint density at radius 2 is 2.18 bits per heavy atom. The van der Waals surface area contributed by atoms with E-state index in [2.05, 4.69) is 4.74 Å². The van der Waals surface area contributed by atoms with Crippen LogP contribution in [0.25, 0.3) is 6.08 Å². The predicted molar refractivity (Wildman–Crippen MR) is 63.2 cm³/mol. The van der Waals surface area contributed by atoms with Crippen molar-refractivity contribution >= 4 is 23.4 Å². The van der Waals surface area contributed by atoms with E-state index in [0.717, 1.165) is 0 Å². The van der Waals surface area contributed by atoms with Crippen LogP contribution < -0.4 is 5.73 Å². The van der Waals surface area contributed by atoms with Crippen LogP contribution in [-0.2, 0) is 9.53 Å². The predicted octanol–water partition coefficient (Wildman–Crippen LogP) is 1.75. The van der Waals surface area contributed by atoms with Gasteiger partial charge in [0, 0.05) is 11.6 Å². The van der Waals surface area contributed by atoms with Crippen molar-refractivity contribution in [2.24, 2.45) is 0 Å². The number of carbonyl (C=O) groups excluding carboxylic acids is 1. The summed E-state index contributed by atoms with van der Waals surface area (Å²) in [5.41, 5.74) is 6.23. The van der Waals surface area contributed by atoms with Gasteiger partial charge in [0.1, 0.15) is 5.69 Å². The maximum Gasteiger partial charge on any atom is 0.333 e. The van der Waals surface area contributed by atoms with Crippen LogP contribution in [0.1, 0.15) is 12.5 Å². The Balaban J connectivity index is 3.13. The molecule has 0 unspecified atom stereocenters. The summed E-state index contributed by atoms with van der Waals surface area (Å²) >= 11 is 0. The number of nitrogen functional groups attached to an aromatic ring is 1. The van der Waals surface area contributed by atoms with Crippen molar-refractivity contribution in [2.45, 2.75) is 6.92 Å². The normalized spacial score (nSPS) is 11.1. The molecule has 0 aliphatic carbocycles. The molecule has 0 saturated carbocycles.